The van der Waals surface area contributed by atoms with E-state index < -0.39 is 5.97 Å². The number of nitrogens with zero attached hydrogens (tertiary/aromatic N) is 4. The van der Waals surface area contributed by atoms with Gasteiger partial charge in [-0.15, -0.1) is 0 Å². The fourth-order valence-electron chi connectivity index (χ4n) is 3.61. The Balaban J connectivity index is 1.78. The molecule has 0 aromatic carbocycles. The highest BCUT2D eigenvalue weighted by Gasteiger charge is 2.37. The average Bonchev–Trinajstić information content (AvgIpc) is 2.78. The summed E-state index contributed by atoms with van der Waals surface area (Å²) in [4.78, 5) is 43.1. The lowest BCUT2D eigenvalue weighted by molar-refractivity contribution is -0.157. The Morgan fingerprint density at radius 3 is 2.39 bits per heavy atom. The molecule has 3 heterocycles. The van der Waals surface area contributed by atoms with Gasteiger partial charge < -0.3 is 15.0 Å². The zero-order valence-corrected chi connectivity index (χ0v) is 16.0. The predicted octanol–water partition coefficient (Wildman–Crippen LogP) is -0.165. The van der Waals surface area contributed by atoms with Crippen LogP contribution in [-0.4, -0.2) is 79.2 Å². The maximum atomic E-state index is 13.2. The summed E-state index contributed by atoms with van der Waals surface area (Å²) in [6.07, 6.45) is 4.80. The van der Waals surface area contributed by atoms with Gasteiger partial charge in [-0.25, -0.2) is 19.6 Å². The number of aromatic nitrogens is 1. The standard InChI is InChI=1S/C19H25N5O4/c1-28-19(27)17(14-25)24(18(26)15-2-6-20-7-3-15)23-12-10-22(11-13-23)16-4-8-21-9-5-16/h4-5,8-9,15,20H,2-3,6-7,10-13H2,1H3. The molecule has 2 aliphatic rings. The first-order valence-electron chi connectivity index (χ1n) is 9.43. The van der Waals surface area contributed by atoms with Crippen molar-refractivity contribution in [2.75, 3.05) is 51.3 Å². The Morgan fingerprint density at radius 1 is 1.18 bits per heavy atom. The summed E-state index contributed by atoms with van der Waals surface area (Å²) in [6, 6.07) is 3.86. The number of piperidine rings is 1. The van der Waals surface area contributed by atoms with E-state index in [1.54, 1.807) is 23.3 Å². The summed E-state index contributed by atoms with van der Waals surface area (Å²) >= 11 is 0. The molecule has 9 heteroatoms. The third-order valence-electron chi connectivity index (χ3n) is 5.15. The fourth-order valence-corrected chi connectivity index (χ4v) is 3.61. The molecule has 1 aromatic heterocycles. The van der Waals surface area contributed by atoms with Gasteiger partial charge in [0.1, 0.15) is 0 Å². The number of nitrogens with one attached hydrogen (secondary N) is 1. The van der Waals surface area contributed by atoms with Gasteiger partial charge in [0.05, 0.1) is 7.11 Å². The van der Waals surface area contributed by atoms with Crippen molar-refractivity contribution < 1.29 is 19.1 Å². The van der Waals surface area contributed by atoms with E-state index in [-0.39, 0.29) is 17.5 Å². The van der Waals surface area contributed by atoms with Gasteiger partial charge in [0.25, 0.3) is 0 Å². The van der Waals surface area contributed by atoms with Crippen LogP contribution in [0.4, 0.5) is 5.69 Å². The zero-order chi connectivity index (χ0) is 19.9. The minimum absolute atomic E-state index is 0.243. The molecule has 2 aliphatic heterocycles. The number of anilines is 1. The number of carbonyl (C=O) groups is 2. The second kappa shape index (κ2) is 9.45. The second-order valence-electron chi connectivity index (χ2n) is 6.76. The lowest BCUT2D eigenvalue weighted by Crippen LogP contribution is -2.58. The average molecular weight is 387 g/mol. The van der Waals surface area contributed by atoms with Gasteiger partial charge in [0, 0.05) is 50.2 Å². The topological polar surface area (TPSA) is 95.1 Å². The number of hydrogen-bond donors (Lipinski definition) is 1. The largest absolute Gasteiger partial charge is 0.464 e. The number of ether oxygens (including phenoxy) is 1. The van der Waals surface area contributed by atoms with Gasteiger partial charge in [-0.3, -0.25) is 9.78 Å². The molecule has 1 N–H and O–H groups in total. The maximum absolute atomic E-state index is 13.2. The molecule has 0 unspecified atom stereocenters. The highest BCUT2D eigenvalue weighted by atomic mass is 16.5. The van der Waals surface area contributed by atoms with Crippen molar-refractivity contribution in [2.24, 2.45) is 5.92 Å². The number of hydrazine groups is 1. The van der Waals surface area contributed by atoms with Crippen molar-refractivity contribution in [1.29, 1.82) is 0 Å². The molecule has 0 saturated carbocycles. The minimum atomic E-state index is -0.853. The number of amides is 1. The molecule has 1 amide bonds. The van der Waals surface area contributed by atoms with E-state index in [2.05, 4.69) is 15.2 Å². The van der Waals surface area contributed by atoms with Gasteiger partial charge in [-0.2, -0.15) is 0 Å². The van der Waals surface area contributed by atoms with Crippen LogP contribution in [0.2, 0.25) is 0 Å². The maximum Gasteiger partial charge on any atom is 0.367 e. The minimum Gasteiger partial charge on any atom is -0.464 e. The molecule has 2 saturated heterocycles. The molecule has 0 bridgehead atoms. The van der Waals surface area contributed by atoms with E-state index in [0.717, 1.165) is 18.8 Å². The number of piperazine rings is 1. The van der Waals surface area contributed by atoms with Crippen LogP contribution in [0, 0.1) is 5.92 Å². The monoisotopic (exact) mass is 387 g/mol. The first kappa shape index (κ1) is 20.0. The van der Waals surface area contributed by atoms with E-state index in [9.17, 15) is 14.4 Å². The summed E-state index contributed by atoms with van der Waals surface area (Å²) in [7, 11) is 1.19. The summed E-state index contributed by atoms with van der Waals surface area (Å²) < 4.78 is 4.71. The van der Waals surface area contributed by atoms with Crippen molar-refractivity contribution >= 4 is 23.5 Å². The molecule has 9 nitrogen and oxygen atoms in total. The van der Waals surface area contributed by atoms with Crippen LogP contribution in [0.5, 0.6) is 0 Å². The number of esters is 1. The van der Waals surface area contributed by atoms with Crippen LogP contribution in [0.3, 0.4) is 0 Å². The Kier molecular flexibility index (Phi) is 6.76. The van der Waals surface area contributed by atoms with Crippen LogP contribution in [0.1, 0.15) is 12.8 Å². The molecule has 28 heavy (non-hydrogen) atoms. The predicted molar refractivity (Wildman–Crippen MR) is 102 cm³/mol. The van der Waals surface area contributed by atoms with Crippen molar-refractivity contribution in [2.45, 2.75) is 12.8 Å². The van der Waals surface area contributed by atoms with Crippen molar-refractivity contribution in [3.05, 3.63) is 30.2 Å². The van der Waals surface area contributed by atoms with Gasteiger partial charge in [0.15, 0.2) is 5.94 Å². The van der Waals surface area contributed by atoms with Gasteiger partial charge in [-0.05, 0) is 38.1 Å². The molecular formula is C19H25N5O4. The number of pyridine rings is 1. The first-order valence-corrected chi connectivity index (χ1v) is 9.43. The van der Waals surface area contributed by atoms with Crippen molar-refractivity contribution in [3.8, 4) is 0 Å². The van der Waals surface area contributed by atoms with E-state index in [1.165, 1.54) is 12.1 Å². The van der Waals surface area contributed by atoms with Crippen molar-refractivity contribution in [1.82, 2.24) is 20.3 Å². The third-order valence-corrected chi connectivity index (χ3v) is 5.15. The number of rotatable bonds is 5. The molecule has 1 aromatic rings. The van der Waals surface area contributed by atoms with Crippen LogP contribution in [0.25, 0.3) is 0 Å². The lowest BCUT2D eigenvalue weighted by atomic mass is 9.97. The molecule has 2 fully saturated rings. The Bertz CT molecular complexity index is 736. The van der Waals surface area contributed by atoms with E-state index in [4.69, 9.17) is 4.74 Å². The second-order valence-corrected chi connectivity index (χ2v) is 6.76. The Morgan fingerprint density at radius 2 is 1.82 bits per heavy atom. The van der Waals surface area contributed by atoms with Gasteiger partial charge >= 0.3 is 5.97 Å². The van der Waals surface area contributed by atoms with Crippen LogP contribution in [0.15, 0.2) is 30.2 Å². The fraction of sp³-hybridized carbons (Fsp3) is 0.526. The normalized spacial score (nSPS) is 18.2. The van der Waals surface area contributed by atoms with Gasteiger partial charge in [-0.1, -0.05) is 0 Å². The van der Waals surface area contributed by atoms with E-state index >= 15 is 0 Å². The smallest absolute Gasteiger partial charge is 0.367 e. The highest BCUT2D eigenvalue weighted by Crippen LogP contribution is 2.22. The number of hydrogen-bond acceptors (Lipinski definition) is 8. The lowest BCUT2D eigenvalue weighted by Gasteiger charge is -2.42. The van der Waals surface area contributed by atoms with Crippen molar-refractivity contribution in [3.63, 3.8) is 0 Å². The summed E-state index contributed by atoms with van der Waals surface area (Å²) in [5.74, 6) is 0.288. The van der Waals surface area contributed by atoms with Crippen LogP contribution < -0.4 is 10.2 Å². The molecule has 3 rings (SSSR count). The Labute approximate surface area is 163 Å². The van der Waals surface area contributed by atoms with Crippen LogP contribution >= 0.6 is 0 Å². The first-order chi connectivity index (χ1) is 13.7. The van der Waals surface area contributed by atoms with Gasteiger partial charge in [0.2, 0.25) is 11.6 Å². The summed E-state index contributed by atoms with van der Waals surface area (Å²) in [6.45, 7) is 3.74. The highest BCUT2D eigenvalue weighted by molar-refractivity contribution is 6.00. The number of carbonyl (C=O) groups excluding carboxylic acids is 3. The molecule has 0 spiro atoms. The number of methoxy groups -OCH3 is 1. The summed E-state index contributed by atoms with van der Waals surface area (Å²) in [5, 5.41) is 6.17. The molecular weight excluding hydrogens is 362 g/mol. The quantitative estimate of drug-likeness (QED) is 0.423. The van der Waals surface area contributed by atoms with E-state index in [1.807, 2.05) is 12.1 Å². The SMILES string of the molecule is COC(=O)C(=C=O)N(C(=O)C1CCNCC1)N1CCN(c2ccncc2)CC1. The zero-order valence-electron chi connectivity index (χ0n) is 16.0. The van der Waals surface area contributed by atoms with E-state index in [0.29, 0.717) is 39.0 Å². The summed E-state index contributed by atoms with van der Waals surface area (Å²) in [5.41, 5.74) is 0.661. The van der Waals surface area contributed by atoms with Crippen LogP contribution in [-0.2, 0) is 19.1 Å². The molecule has 0 radical (unpaired) electrons. The third kappa shape index (κ3) is 4.39. The molecule has 150 valence electrons. The molecule has 0 aliphatic carbocycles. The Hall–Kier alpha value is -2.74. The molecule has 0 atom stereocenters.